The van der Waals surface area contributed by atoms with Crippen LogP contribution in [0, 0.1) is 0 Å². The summed E-state index contributed by atoms with van der Waals surface area (Å²) in [5.74, 6) is -1.94. The van der Waals surface area contributed by atoms with Gasteiger partial charge in [0.25, 0.3) is 0 Å². The average molecular weight is 174 g/mol. The molecule has 2 amide bonds. The monoisotopic (exact) mass is 174 g/mol. The zero-order valence-corrected chi connectivity index (χ0v) is 6.30. The molecule has 0 spiro atoms. The van der Waals surface area contributed by atoms with Gasteiger partial charge in [-0.15, -0.1) is 0 Å². The lowest BCUT2D eigenvalue weighted by Crippen LogP contribution is -2.39. The zero-order chi connectivity index (χ0) is 9.30. The number of rotatable bonds is 0. The van der Waals surface area contributed by atoms with Crippen molar-refractivity contribution in [1.82, 2.24) is 4.90 Å². The van der Waals surface area contributed by atoms with Gasteiger partial charge in [0.05, 0.1) is 12.2 Å². The summed E-state index contributed by atoms with van der Waals surface area (Å²) in [4.78, 5) is 22.3. The minimum absolute atomic E-state index is 0.0387. The number of nitrogens with zero attached hydrogens (tertiary/aromatic N) is 1. The summed E-state index contributed by atoms with van der Waals surface area (Å²) in [6.07, 6.45) is -1.96. The lowest BCUT2D eigenvalue weighted by Gasteiger charge is -2.11. The highest BCUT2D eigenvalue weighted by molar-refractivity contribution is 6.34. The van der Waals surface area contributed by atoms with Crippen molar-refractivity contribution in [3.63, 3.8) is 0 Å². The quantitative estimate of drug-likeness (QED) is 0.341. The second kappa shape index (κ2) is 3.08. The van der Waals surface area contributed by atoms with Crippen molar-refractivity contribution >= 4 is 11.8 Å². The van der Waals surface area contributed by atoms with Gasteiger partial charge in [0.1, 0.15) is 0 Å². The number of aliphatic hydroxyl groups is 2. The van der Waals surface area contributed by atoms with Crippen LogP contribution in [0.15, 0.2) is 0 Å². The molecule has 1 aliphatic rings. The molecule has 0 radical (unpaired) electrons. The van der Waals surface area contributed by atoms with Gasteiger partial charge in [0.2, 0.25) is 0 Å². The maximum Gasteiger partial charge on any atom is 0.311 e. The Kier molecular flexibility index (Phi) is 2.30. The number of hydrogen-bond donors (Lipinski definition) is 3. The Balaban J connectivity index is 2.57. The van der Waals surface area contributed by atoms with E-state index in [4.69, 9.17) is 15.9 Å². The first kappa shape index (κ1) is 8.95. The SMILES string of the molecule is NC(=O)C(=O)N1C[C@@H](O)[C@@H](O)C1. The predicted molar refractivity (Wildman–Crippen MR) is 37.8 cm³/mol. The van der Waals surface area contributed by atoms with Gasteiger partial charge in [-0.05, 0) is 0 Å². The van der Waals surface area contributed by atoms with E-state index in [2.05, 4.69) is 0 Å². The Morgan fingerprint density at radius 3 is 2.00 bits per heavy atom. The fraction of sp³-hybridized carbons (Fsp3) is 0.667. The van der Waals surface area contributed by atoms with Crippen LogP contribution in [-0.4, -0.2) is 52.2 Å². The van der Waals surface area contributed by atoms with Crippen LogP contribution in [0.1, 0.15) is 0 Å². The van der Waals surface area contributed by atoms with Crippen molar-refractivity contribution in [1.29, 1.82) is 0 Å². The second-order valence-electron chi connectivity index (χ2n) is 2.71. The molecular formula is C6H10N2O4. The zero-order valence-electron chi connectivity index (χ0n) is 6.30. The number of hydrogen-bond acceptors (Lipinski definition) is 4. The van der Waals surface area contributed by atoms with Gasteiger partial charge in [-0.1, -0.05) is 0 Å². The third kappa shape index (κ3) is 1.54. The molecule has 1 rings (SSSR count). The Morgan fingerprint density at radius 1 is 1.25 bits per heavy atom. The summed E-state index contributed by atoms with van der Waals surface area (Å²) < 4.78 is 0. The van der Waals surface area contributed by atoms with E-state index in [9.17, 15) is 9.59 Å². The normalized spacial score (nSPS) is 29.0. The van der Waals surface area contributed by atoms with Crippen LogP contribution < -0.4 is 5.73 Å². The number of β-amino-alcohol motifs (C(OH)–C–C–N with tert-alkyl or cyclic N) is 2. The number of aliphatic hydroxyl groups excluding tert-OH is 2. The molecule has 1 heterocycles. The van der Waals surface area contributed by atoms with Gasteiger partial charge in [-0.2, -0.15) is 0 Å². The van der Waals surface area contributed by atoms with Gasteiger partial charge in [0.15, 0.2) is 0 Å². The van der Waals surface area contributed by atoms with Gasteiger partial charge >= 0.3 is 11.8 Å². The molecule has 4 N–H and O–H groups in total. The molecule has 6 heteroatoms. The average Bonchev–Trinajstić information content (AvgIpc) is 2.30. The molecule has 0 aromatic rings. The summed E-state index contributed by atoms with van der Waals surface area (Å²) in [6.45, 7) is -0.0775. The summed E-state index contributed by atoms with van der Waals surface area (Å²) in [7, 11) is 0. The Labute approximate surface area is 68.6 Å². The van der Waals surface area contributed by atoms with Gasteiger partial charge in [-0.3, -0.25) is 9.59 Å². The first-order valence-electron chi connectivity index (χ1n) is 3.47. The van der Waals surface area contributed by atoms with E-state index in [0.717, 1.165) is 4.90 Å². The number of primary amides is 1. The fourth-order valence-electron chi connectivity index (χ4n) is 1.09. The van der Waals surface area contributed by atoms with E-state index in [1.807, 2.05) is 0 Å². The van der Waals surface area contributed by atoms with E-state index in [1.54, 1.807) is 0 Å². The van der Waals surface area contributed by atoms with Gasteiger partial charge < -0.3 is 20.8 Å². The minimum atomic E-state index is -1.07. The predicted octanol–water partition coefficient (Wildman–Crippen LogP) is -2.96. The maximum absolute atomic E-state index is 10.9. The van der Waals surface area contributed by atoms with Gasteiger partial charge in [-0.25, -0.2) is 0 Å². The number of amides is 2. The molecule has 2 atom stereocenters. The van der Waals surface area contributed by atoms with Crippen LogP contribution in [0.5, 0.6) is 0 Å². The summed E-state index contributed by atoms with van der Waals surface area (Å²) in [5.41, 5.74) is 4.71. The van der Waals surface area contributed by atoms with Crippen molar-refractivity contribution in [2.45, 2.75) is 12.2 Å². The highest BCUT2D eigenvalue weighted by Gasteiger charge is 2.34. The molecule has 0 aromatic heterocycles. The summed E-state index contributed by atoms with van der Waals surface area (Å²) >= 11 is 0. The van der Waals surface area contributed by atoms with Crippen molar-refractivity contribution < 1.29 is 19.8 Å². The lowest BCUT2D eigenvalue weighted by atomic mass is 10.3. The Bertz CT molecular complexity index is 208. The third-order valence-corrected chi connectivity index (χ3v) is 1.76. The number of carbonyl (C=O) groups is 2. The van der Waals surface area contributed by atoms with Crippen molar-refractivity contribution in [3.05, 3.63) is 0 Å². The first-order chi connectivity index (χ1) is 5.52. The second-order valence-corrected chi connectivity index (χ2v) is 2.71. The third-order valence-electron chi connectivity index (χ3n) is 1.76. The molecule has 68 valence electrons. The number of nitrogens with two attached hydrogens (primary N) is 1. The standard InChI is InChI=1S/C6H10N2O4/c7-5(11)6(12)8-1-3(9)4(10)2-8/h3-4,9-10H,1-2H2,(H2,7,11)/t3-,4+. The largest absolute Gasteiger partial charge is 0.388 e. The van der Waals surface area contributed by atoms with Crippen LogP contribution >= 0.6 is 0 Å². The molecule has 6 nitrogen and oxygen atoms in total. The summed E-state index contributed by atoms with van der Waals surface area (Å²) in [5, 5.41) is 18.0. The maximum atomic E-state index is 10.9. The van der Waals surface area contributed by atoms with Crippen LogP contribution in [0.25, 0.3) is 0 Å². The number of carbonyl (C=O) groups excluding carboxylic acids is 2. The highest BCUT2D eigenvalue weighted by atomic mass is 16.3. The molecule has 0 bridgehead atoms. The lowest BCUT2D eigenvalue weighted by molar-refractivity contribution is -0.143. The van der Waals surface area contributed by atoms with E-state index in [1.165, 1.54) is 0 Å². The first-order valence-corrected chi connectivity index (χ1v) is 3.47. The molecule has 0 aromatic carbocycles. The Morgan fingerprint density at radius 2 is 1.67 bits per heavy atom. The molecule has 12 heavy (non-hydrogen) atoms. The van der Waals surface area contributed by atoms with Gasteiger partial charge in [0, 0.05) is 13.1 Å². The smallest absolute Gasteiger partial charge is 0.311 e. The molecule has 1 fully saturated rings. The van der Waals surface area contributed by atoms with Crippen molar-refractivity contribution in [2.75, 3.05) is 13.1 Å². The molecule has 1 aliphatic heterocycles. The highest BCUT2D eigenvalue weighted by Crippen LogP contribution is 2.09. The van der Waals surface area contributed by atoms with Crippen LogP contribution in [0.2, 0.25) is 0 Å². The topological polar surface area (TPSA) is 104 Å². The number of likely N-dealkylation sites (tertiary alicyclic amines) is 1. The fourth-order valence-corrected chi connectivity index (χ4v) is 1.09. The van der Waals surface area contributed by atoms with E-state index in [-0.39, 0.29) is 13.1 Å². The molecule has 0 saturated carbocycles. The molecule has 0 unspecified atom stereocenters. The molecule has 0 aliphatic carbocycles. The minimum Gasteiger partial charge on any atom is -0.388 e. The molecular weight excluding hydrogens is 164 g/mol. The van der Waals surface area contributed by atoms with E-state index >= 15 is 0 Å². The van der Waals surface area contributed by atoms with Crippen LogP contribution in [-0.2, 0) is 9.59 Å². The molecule has 1 saturated heterocycles. The summed E-state index contributed by atoms with van der Waals surface area (Å²) in [6, 6.07) is 0. The van der Waals surface area contributed by atoms with Crippen LogP contribution in [0.4, 0.5) is 0 Å². The van der Waals surface area contributed by atoms with E-state index in [0.29, 0.717) is 0 Å². The Hall–Kier alpha value is -1.14. The van der Waals surface area contributed by atoms with E-state index < -0.39 is 24.0 Å². The van der Waals surface area contributed by atoms with Crippen LogP contribution in [0.3, 0.4) is 0 Å². The van der Waals surface area contributed by atoms with Crippen molar-refractivity contribution in [2.24, 2.45) is 5.73 Å². The van der Waals surface area contributed by atoms with Crippen molar-refractivity contribution in [3.8, 4) is 0 Å².